The fourth-order valence-corrected chi connectivity index (χ4v) is 2.16. The van der Waals surface area contributed by atoms with Crippen molar-refractivity contribution in [2.24, 2.45) is 0 Å². The van der Waals surface area contributed by atoms with Crippen molar-refractivity contribution in [1.29, 1.82) is 0 Å². The highest BCUT2D eigenvalue weighted by Gasteiger charge is 2.17. The second-order valence-electron chi connectivity index (χ2n) is 4.33. The minimum atomic E-state index is -0.0696. The Morgan fingerprint density at radius 1 is 1.25 bits per heavy atom. The second-order valence-corrected chi connectivity index (χ2v) is 5.13. The first-order chi connectivity index (χ1) is 9.47. The maximum atomic E-state index is 11.9. The summed E-state index contributed by atoms with van der Waals surface area (Å²) in [5, 5.41) is 0.562. The van der Waals surface area contributed by atoms with Gasteiger partial charge in [-0.1, -0.05) is 6.92 Å². The van der Waals surface area contributed by atoms with Crippen LogP contribution in [0.15, 0.2) is 5.03 Å². The maximum Gasteiger partial charge on any atom is 0.228 e. The van der Waals surface area contributed by atoms with Gasteiger partial charge in [0, 0.05) is 20.5 Å². The summed E-state index contributed by atoms with van der Waals surface area (Å²) >= 11 is 1.36. The predicted molar refractivity (Wildman–Crippen MR) is 80.3 cm³/mol. The normalized spacial score (nSPS) is 10.8. The summed E-state index contributed by atoms with van der Waals surface area (Å²) in [6, 6.07) is 0. The molecule has 0 fully saturated rings. The molecule has 0 aliphatic heterocycles. The zero-order chi connectivity index (χ0) is 14.9. The quantitative estimate of drug-likeness (QED) is 0.666. The van der Waals surface area contributed by atoms with Crippen LogP contribution < -0.4 is 10.6 Å². The number of ketones is 1. The van der Waals surface area contributed by atoms with E-state index in [4.69, 9.17) is 5.73 Å². The van der Waals surface area contributed by atoms with Gasteiger partial charge in [-0.2, -0.15) is 9.97 Å². The molecular formula is C12H16N6OS. The summed E-state index contributed by atoms with van der Waals surface area (Å²) < 4.78 is 0. The molecule has 0 bridgehead atoms. The SMILES string of the molecule is CCC(=O)c1nc2c(N)nc(N(C)C)nc2nc1SC. The molecule has 0 saturated carbocycles. The lowest BCUT2D eigenvalue weighted by Crippen LogP contribution is -2.15. The van der Waals surface area contributed by atoms with Crippen molar-refractivity contribution in [2.75, 3.05) is 31.0 Å². The number of rotatable bonds is 4. The number of nitrogens with two attached hydrogens (primary N) is 1. The third-order valence-corrected chi connectivity index (χ3v) is 3.36. The minimum absolute atomic E-state index is 0.0696. The summed E-state index contributed by atoms with van der Waals surface area (Å²) in [5.74, 6) is 0.620. The third kappa shape index (κ3) is 2.51. The molecule has 2 aromatic rings. The fraction of sp³-hybridized carbons (Fsp3) is 0.417. The van der Waals surface area contributed by atoms with Crippen LogP contribution in [0.3, 0.4) is 0 Å². The van der Waals surface area contributed by atoms with E-state index in [2.05, 4.69) is 19.9 Å². The molecule has 2 heterocycles. The predicted octanol–water partition coefficient (Wildman–Crippen LogP) is 1.38. The molecule has 0 atom stereocenters. The standard InChI is InChI=1S/C12H16N6OS/c1-5-6(19)7-11(20-4)16-10-8(14-7)9(13)15-12(17-10)18(2)3/h5H2,1-4H3,(H2,13,15,16,17). The van der Waals surface area contributed by atoms with Crippen molar-refractivity contribution in [3.8, 4) is 0 Å². The summed E-state index contributed by atoms with van der Waals surface area (Å²) in [7, 11) is 3.64. The van der Waals surface area contributed by atoms with E-state index < -0.39 is 0 Å². The molecule has 2 N–H and O–H groups in total. The van der Waals surface area contributed by atoms with Gasteiger partial charge in [0.2, 0.25) is 5.95 Å². The Balaban J connectivity index is 2.73. The van der Waals surface area contributed by atoms with Gasteiger partial charge in [-0.25, -0.2) is 9.97 Å². The van der Waals surface area contributed by atoms with Crippen LogP contribution in [0.5, 0.6) is 0 Å². The number of carbonyl (C=O) groups excluding carboxylic acids is 1. The highest BCUT2D eigenvalue weighted by molar-refractivity contribution is 7.98. The van der Waals surface area contributed by atoms with E-state index >= 15 is 0 Å². The molecule has 0 saturated heterocycles. The van der Waals surface area contributed by atoms with Crippen LogP contribution in [-0.4, -0.2) is 46.1 Å². The molecule has 0 amide bonds. The van der Waals surface area contributed by atoms with E-state index in [9.17, 15) is 4.79 Å². The van der Waals surface area contributed by atoms with Gasteiger partial charge < -0.3 is 10.6 Å². The van der Waals surface area contributed by atoms with Crippen LogP contribution in [-0.2, 0) is 0 Å². The molecule has 0 aliphatic rings. The maximum absolute atomic E-state index is 11.9. The molecule has 0 aliphatic carbocycles. The van der Waals surface area contributed by atoms with Crippen LogP contribution >= 0.6 is 11.8 Å². The summed E-state index contributed by atoms with van der Waals surface area (Å²) in [6.07, 6.45) is 2.21. The molecule has 2 aromatic heterocycles. The van der Waals surface area contributed by atoms with Gasteiger partial charge in [0.1, 0.15) is 10.7 Å². The molecular weight excluding hydrogens is 276 g/mol. The lowest BCUT2D eigenvalue weighted by molar-refractivity contribution is 0.0980. The molecule has 20 heavy (non-hydrogen) atoms. The first-order valence-corrected chi connectivity index (χ1v) is 7.30. The Kier molecular flexibility index (Phi) is 4.03. The number of thioether (sulfide) groups is 1. The lowest BCUT2D eigenvalue weighted by atomic mass is 10.2. The molecule has 0 radical (unpaired) electrons. The zero-order valence-electron chi connectivity index (χ0n) is 11.8. The third-order valence-electron chi connectivity index (χ3n) is 2.69. The van der Waals surface area contributed by atoms with E-state index in [0.29, 0.717) is 34.3 Å². The van der Waals surface area contributed by atoms with Crippen LogP contribution in [0.2, 0.25) is 0 Å². The largest absolute Gasteiger partial charge is 0.382 e. The minimum Gasteiger partial charge on any atom is -0.382 e. The van der Waals surface area contributed by atoms with Crippen LogP contribution in [0.4, 0.5) is 11.8 Å². The van der Waals surface area contributed by atoms with E-state index in [1.54, 1.807) is 11.8 Å². The first kappa shape index (κ1) is 14.4. The van der Waals surface area contributed by atoms with E-state index in [-0.39, 0.29) is 11.6 Å². The van der Waals surface area contributed by atoms with Gasteiger partial charge >= 0.3 is 0 Å². The highest BCUT2D eigenvalue weighted by atomic mass is 32.2. The van der Waals surface area contributed by atoms with Crippen molar-refractivity contribution in [3.63, 3.8) is 0 Å². The Morgan fingerprint density at radius 3 is 2.50 bits per heavy atom. The summed E-state index contributed by atoms with van der Waals surface area (Å²) in [4.78, 5) is 30.8. The molecule has 0 spiro atoms. The fourth-order valence-electron chi connectivity index (χ4n) is 1.63. The smallest absolute Gasteiger partial charge is 0.228 e. The molecule has 2 rings (SSSR count). The number of fused-ring (bicyclic) bond motifs is 1. The van der Waals surface area contributed by atoms with Crippen LogP contribution in [0.1, 0.15) is 23.8 Å². The zero-order valence-corrected chi connectivity index (χ0v) is 12.7. The average Bonchev–Trinajstić information content (AvgIpc) is 2.44. The highest BCUT2D eigenvalue weighted by Crippen LogP contribution is 2.24. The number of aromatic nitrogens is 4. The second kappa shape index (κ2) is 5.58. The molecule has 106 valence electrons. The lowest BCUT2D eigenvalue weighted by Gasteiger charge is -2.12. The number of hydrogen-bond acceptors (Lipinski definition) is 8. The number of hydrogen-bond donors (Lipinski definition) is 1. The number of nitrogens with zero attached hydrogens (tertiary/aromatic N) is 5. The van der Waals surface area contributed by atoms with Gasteiger partial charge in [0.25, 0.3) is 0 Å². The number of anilines is 2. The van der Waals surface area contributed by atoms with Gasteiger partial charge in [0.05, 0.1) is 0 Å². The van der Waals surface area contributed by atoms with Crippen molar-refractivity contribution >= 4 is 40.5 Å². The average molecular weight is 292 g/mol. The molecule has 0 unspecified atom stereocenters. The van der Waals surface area contributed by atoms with Gasteiger partial charge in [-0.15, -0.1) is 11.8 Å². The first-order valence-electron chi connectivity index (χ1n) is 6.07. The van der Waals surface area contributed by atoms with E-state index in [1.165, 1.54) is 11.8 Å². The van der Waals surface area contributed by atoms with Crippen LogP contribution in [0.25, 0.3) is 11.2 Å². The van der Waals surface area contributed by atoms with E-state index in [1.807, 2.05) is 20.4 Å². The number of carbonyl (C=O) groups is 1. The van der Waals surface area contributed by atoms with Crippen molar-refractivity contribution in [3.05, 3.63) is 5.69 Å². The van der Waals surface area contributed by atoms with Crippen molar-refractivity contribution in [1.82, 2.24) is 19.9 Å². The van der Waals surface area contributed by atoms with Crippen molar-refractivity contribution in [2.45, 2.75) is 18.4 Å². The van der Waals surface area contributed by atoms with E-state index in [0.717, 1.165) is 0 Å². The number of nitrogen functional groups attached to an aromatic ring is 1. The van der Waals surface area contributed by atoms with Gasteiger partial charge in [0.15, 0.2) is 22.8 Å². The Labute approximate surface area is 121 Å². The van der Waals surface area contributed by atoms with Gasteiger partial charge in [-0.05, 0) is 6.26 Å². The van der Waals surface area contributed by atoms with Gasteiger partial charge in [-0.3, -0.25) is 4.79 Å². The Hall–Kier alpha value is -1.96. The monoisotopic (exact) mass is 292 g/mol. The van der Waals surface area contributed by atoms with Crippen LogP contribution in [0, 0.1) is 0 Å². The molecule has 8 heteroatoms. The molecule has 7 nitrogen and oxygen atoms in total. The number of Topliss-reactive ketones (excluding diaryl/α,β-unsaturated/α-hetero) is 1. The topological polar surface area (TPSA) is 97.9 Å². The Morgan fingerprint density at radius 2 is 1.95 bits per heavy atom. The molecule has 0 aromatic carbocycles. The summed E-state index contributed by atoms with van der Waals surface area (Å²) in [5.41, 5.74) is 7.00. The Bertz CT molecular complexity index is 673. The summed E-state index contributed by atoms with van der Waals surface area (Å²) in [6.45, 7) is 1.79. The van der Waals surface area contributed by atoms with Crippen molar-refractivity contribution < 1.29 is 4.79 Å².